The summed E-state index contributed by atoms with van der Waals surface area (Å²) in [5.74, 6) is -0.862. The summed E-state index contributed by atoms with van der Waals surface area (Å²) in [6.07, 6.45) is 3.78. The zero-order valence-electron chi connectivity index (χ0n) is 12.9. The summed E-state index contributed by atoms with van der Waals surface area (Å²) in [5, 5.41) is 5.26. The molecule has 1 saturated carbocycles. The Bertz CT molecular complexity index is 830. The van der Waals surface area contributed by atoms with Crippen LogP contribution in [0.1, 0.15) is 32.1 Å². The van der Waals surface area contributed by atoms with Crippen LogP contribution in [-0.2, 0) is 10.0 Å². The molecular weight excluding hydrogens is 335 g/mol. The van der Waals surface area contributed by atoms with E-state index in [1.54, 1.807) is 0 Å². The number of rotatable bonds is 2. The number of para-hydroxylation sites is 1. The van der Waals surface area contributed by atoms with Crippen LogP contribution in [0.3, 0.4) is 0 Å². The number of benzene rings is 1. The largest absolute Gasteiger partial charge is 0.369 e. The van der Waals surface area contributed by atoms with Gasteiger partial charge in [0.05, 0.1) is 0 Å². The Balaban J connectivity index is 2.26. The van der Waals surface area contributed by atoms with E-state index in [1.807, 2.05) is 0 Å². The number of anilines is 1. The van der Waals surface area contributed by atoms with Gasteiger partial charge in [-0.15, -0.1) is 0 Å². The molecule has 1 aromatic carbocycles. The molecule has 2 aliphatic rings. The number of primary sulfonamides is 1. The zero-order chi connectivity index (χ0) is 17.5. The summed E-state index contributed by atoms with van der Waals surface area (Å²) >= 11 is 0. The molecule has 1 aromatic rings. The van der Waals surface area contributed by atoms with E-state index in [2.05, 4.69) is 9.98 Å². The van der Waals surface area contributed by atoms with E-state index >= 15 is 0 Å². The van der Waals surface area contributed by atoms with E-state index in [0.29, 0.717) is 12.8 Å². The minimum Gasteiger partial charge on any atom is -0.369 e. The average molecular weight is 354 g/mol. The van der Waals surface area contributed by atoms with Gasteiger partial charge >= 0.3 is 0 Å². The van der Waals surface area contributed by atoms with Crippen molar-refractivity contribution in [1.29, 1.82) is 0 Å². The highest BCUT2D eigenvalue weighted by atomic mass is 32.2. The van der Waals surface area contributed by atoms with Crippen molar-refractivity contribution in [2.75, 3.05) is 4.90 Å². The fraction of sp³-hybridized carbons (Fsp3) is 0.429. The number of hydrogen-bond donors (Lipinski definition) is 3. The highest BCUT2D eigenvalue weighted by Gasteiger charge is 2.45. The molecule has 130 valence electrons. The van der Waals surface area contributed by atoms with E-state index in [1.165, 1.54) is 17.0 Å². The summed E-state index contributed by atoms with van der Waals surface area (Å²) in [4.78, 5) is 9.27. The summed E-state index contributed by atoms with van der Waals surface area (Å²) in [5.41, 5.74) is 10.6. The van der Waals surface area contributed by atoms with Gasteiger partial charge < -0.3 is 11.5 Å². The molecule has 1 aliphatic heterocycles. The van der Waals surface area contributed by atoms with Crippen LogP contribution in [0.25, 0.3) is 0 Å². The third-order valence-corrected chi connectivity index (χ3v) is 5.27. The molecule has 0 atom stereocenters. The Kier molecular flexibility index (Phi) is 3.96. The van der Waals surface area contributed by atoms with Gasteiger partial charge in [-0.05, 0) is 37.8 Å². The lowest BCUT2D eigenvalue weighted by Gasteiger charge is -2.46. The molecule has 0 amide bonds. The van der Waals surface area contributed by atoms with Crippen molar-refractivity contribution in [3.05, 3.63) is 24.0 Å². The van der Waals surface area contributed by atoms with E-state index in [-0.39, 0.29) is 22.5 Å². The second-order valence-corrected chi connectivity index (χ2v) is 7.48. The van der Waals surface area contributed by atoms with Gasteiger partial charge in [0, 0.05) is 0 Å². The van der Waals surface area contributed by atoms with Crippen molar-refractivity contribution in [2.24, 2.45) is 26.6 Å². The second-order valence-electron chi connectivity index (χ2n) is 5.95. The van der Waals surface area contributed by atoms with Crippen LogP contribution >= 0.6 is 0 Å². The molecule has 8 nitrogen and oxygen atoms in total. The monoisotopic (exact) mass is 354 g/mol. The number of hydrogen-bond acceptors (Lipinski definition) is 7. The SMILES string of the molecule is NC1=NC2(CCCCC2)N(c2c(F)cccc2S(N)(=O)=O)C(N)=N1. The molecule has 1 spiro atoms. The molecule has 1 heterocycles. The number of guanidine groups is 2. The van der Waals surface area contributed by atoms with E-state index in [4.69, 9.17) is 16.6 Å². The maximum atomic E-state index is 14.6. The molecule has 0 radical (unpaired) electrons. The van der Waals surface area contributed by atoms with Gasteiger partial charge in [-0.1, -0.05) is 12.5 Å². The van der Waals surface area contributed by atoms with Crippen LogP contribution in [-0.4, -0.2) is 26.0 Å². The normalized spacial score (nSPS) is 20.7. The lowest BCUT2D eigenvalue weighted by molar-refractivity contribution is 0.303. The Morgan fingerprint density at radius 3 is 2.46 bits per heavy atom. The first-order valence-corrected chi connectivity index (χ1v) is 9.10. The maximum absolute atomic E-state index is 14.6. The summed E-state index contributed by atoms with van der Waals surface area (Å²) in [6, 6.07) is 3.66. The molecule has 6 N–H and O–H groups in total. The predicted molar refractivity (Wildman–Crippen MR) is 89.3 cm³/mol. The Morgan fingerprint density at radius 2 is 1.83 bits per heavy atom. The van der Waals surface area contributed by atoms with Crippen LogP contribution in [0.2, 0.25) is 0 Å². The number of halogens is 1. The standard InChI is InChI=1S/C14H19FN6O2S/c15-9-5-4-6-10(24(18,22)23)11(9)21-13(17)19-12(16)20-14(21)7-2-1-3-8-14/h4-6H,1-3,7-8H2,(H2,18,22,23)(H4,16,17,19,20). The minimum absolute atomic E-state index is 0.000792. The van der Waals surface area contributed by atoms with Crippen molar-refractivity contribution in [1.82, 2.24) is 0 Å². The van der Waals surface area contributed by atoms with Crippen molar-refractivity contribution < 1.29 is 12.8 Å². The third-order valence-electron chi connectivity index (χ3n) is 4.33. The van der Waals surface area contributed by atoms with Gasteiger partial charge in [-0.2, -0.15) is 4.99 Å². The number of nitrogens with two attached hydrogens (primary N) is 3. The minimum atomic E-state index is -4.17. The topological polar surface area (TPSA) is 140 Å². The van der Waals surface area contributed by atoms with Crippen molar-refractivity contribution in [3.8, 4) is 0 Å². The number of aliphatic imine (C=N–C) groups is 2. The van der Waals surface area contributed by atoms with E-state index < -0.39 is 21.5 Å². The summed E-state index contributed by atoms with van der Waals surface area (Å²) in [7, 11) is -4.17. The molecule has 1 aliphatic carbocycles. The highest BCUT2D eigenvalue weighted by molar-refractivity contribution is 7.89. The maximum Gasteiger partial charge on any atom is 0.240 e. The number of nitrogens with zero attached hydrogens (tertiary/aromatic N) is 3. The first-order chi connectivity index (χ1) is 11.2. The molecule has 24 heavy (non-hydrogen) atoms. The van der Waals surface area contributed by atoms with Crippen molar-refractivity contribution in [3.63, 3.8) is 0 Å². The second kappa shape index (κ2) is 5.71. The van der Waals surface area contributed by atoms with Gasteiger partial charge in [0.1, 0.15) is 22.1 Å². The smallest absolute Gasteiger partial charge is 0.240 e. The fourth-order valence-corrected chi connectivity index (χ4v) is 4.11. The van der Waals surface area contributed by atoms with Crippen molar-refractivity contribution >= 4 is 27.6 Å². The third kappa shape index (κ3) is 2.71. The molecule has 10 heteroatoms. The first kappa shape index (κ1) is 16.7. The lowest BCUT2D eigenvalue weighted by atomic mass is 9.87. The van der Waals surface area contributed by atoms with Crippen LogP contribution in [0, 0.1) is 5.82 Å². The van der Waals surface area contributed by atoms with Crippen LogP contribution in [0.15, 0.2) is 33.1 Å². The van der Waals surface area contributed by atoms with Crippen LogP contribution in [0.5, 0.6) is 0 Å². The molecule has 0 unspecified atom stereocenters. The van der Waals surface area contributed by atoms with Gasteiger partial charge in [0.15, 0.2) is 0 Å². The number of sulfonamides is 1. The first-order valence-electron chi connectivity index (χ1n) is 7.56. The molecule has 0 bridgehead atoms. The zero-order valence-corrected chi connectivity index (χ0v) is 13.8. The lowest BCUT2D eigenvalue weighted by Crippen LogP contribution is -2.59. The van der Waals surface area contributed by atoms with E-state index in [9.17, 15) is 12.8 Å². The Hall–Kier alpha value is -2.20. The molecule has 1 fully saturated rings. The Morgan fingerprint density at radius 1 is 1.17 bits per heavy atom. The Labute approximate surface area is 139 Å². The molecular formula is C14H19FN6O2S. The average Bonchev–Trinajstić information content (AvgIpc) is 2.47. The molecule has 0 saturated heterocycles. The summed E-state index contributed by atoms with van der Waals surface area (Å²) in [6.45, 7) is 0. The van der Waals surface area contributed by atoms with Crippen molar-refractivity contribution in [2.45, 2.75) is 42.7 Å². The van der Waals surface area contributed by atoms with Gasteiger partial charge in [-0.3, -0.25) is 4.90 Å². The quantitative estimate of drug-likeness (QED) is 0.712. The fourth-order valence-electron chi connectivity index (χ4n) is 3.39. The van der Waals surface area contributed by atoms with Gasteiger partial charge in [0.2, 0.25) is 21.9 Å². The molecule has 0 aromatic heterocycles. The van der Waals surface area contributed by atoms with Crippen LogP contribution < -0.4 is 21.5 Å². The predicted octanol–water partition coefficient (Wildman–Crippen LogP) is 0.583. The molecule has 3 rings (SSSR count). The van der Waals surface area contributed by atoms with E-state index in [0.717, 1.165) is 25.3 Å². The van der Waals surface area contributed by atoms with Gasteiger partial charge in [-0.25, -0.2) is 22.9 Å². The van der Waals surface area contributed by atoms with Crippen LogP contribution in [0.4, 0.5) is 10.1 Å². The van der Waals surface area contributed by atoms with Gasteiger partial charge in [0.25, 0.3) is 0 Å². The summed E-state index contributed by atoms with van der Waals surface area (Å²) < 4.78 is 38.5. The highest BCUT2D eigenvalue weighted by Crippen LogP contribution is 2.42.